The monoisotopic (exact) mass is 878 g/mol. The van der Waals surface area contributed by atoms with Gasteiger partial charge >= 0.3 is 24.0 Å². The zero-order chi connectivity index (χ0) is 40.6. The van der Waals surface area contributed by atoms with Crippen LogP contribution >= 0.6 is 22.6 Å². The highest BCUT2D eigenvalue weighted by molar-refractivity contribution is 14.1. The number of amides is 4. The molecule has 1 aliphatic heterocycles. The Morgan fingerprint density at radius 1 is 0.821 bits per heavy atom. The lowest BCUT2D eigenvalue weighted by Crippen LogP contribution is -2.59. The predicted octanol–water partition coefficient (Wildman–Crippen LogP) is 7.30. The van der Waals surface area contributed by atoms with Gasteiger partial charge in [0.15, 0.2) is 5.82 Å². The van der Waals surface area contributed by atoms with E-state index in [1.807, 2.05) is 52.9 Å². The summed E-state index contributed by atoms with van der Waals surface area (Å²) in [6.45, 7) is 11.0. The van der Waals surface area contributed by atoms with Gasteiger partial charge in [0.1, 0.15) is 17.8 Å². The minimum atomic E-state index is -0.771. The van der Waals surface area contributed by atoms with Crippen molar-refractivity contribution in [1.29, 1.82) is 0 Å². The van der Waals surface area contributed by atoms with E-state index in [4.69, 9.17) is 14.2 Å². The summed E-state index contributed by atoms with van der Waals surface area (Å²) >= 11 is 2.01. The summed E-state index contributed by atoms with van der Waals surface area (Å²) in [6.07, 6.45) is 0.0938. The number of hydrogen-bond donors (Lipinski definition) is 2. The molecule has 4 amide bonds. The summed E-state index contributed by atoms with van der Waals surface area (Å²) in [5, 5.41) is 5.47. The Balaban J connectivity index is 1.45. The molecule has 1 fully saturated rings. The zero-order valence-corrected chi connectivity index (χ0v) is 34.4. The van der Waals surface area contributed by atoms with E-state index in [0.29, 0.717) is 20.4 Å². The third kappa shape index (κ3) is 11.5. The normalized spacial score (nSPS) is 15.8. The number of piperazine rings is 1. The minimum Gasteiger partial charge on any atom is -0.445 e. The number of anilines is 1. The maximum Gasteiger partial charge on any atom is 0.410 e. The fourth-order valence-corrected chi connectivity index (χ4v) is 6.53. The van der Waals surface area contributed by atoms with Gasteiger partial charge in [-0.25, -0.2) is 19.2 Å². The molecule has 0 radical (unpaired) electrons. The standard InChI is InChI=1S/C41H47IN6O8/c1-40(2,3)55-37(51)43-22-21-31-23-46(38(52)56-41(4,5)6)25-33(48(31)39(53)54-26-27-13-9-7-10-14-27)28-17-19-30(20-18-28)47-24-32(42)34(45-36(47)50)44-35(49)29-15-11-8-12-16-29/h7-20,24,31,33H,21-23,25-26H2,1-6H3,(H,43,51)(H,44,45,49,50)/t31-,33+/m1/s1. The number of nitrogens with zero attached hydrogens (tertiary/aromatic N) is 4. The molecule has 15 heteroatoms. The van der Waals surface area contributed by atoms with Gasteiger partial charge in [0.05, 0.1) is 21.3 Å². The van der Waals surface area contributed by atoms with Gasteiger partial charge in [-0.15, -0.1) is 0 Å². The maximum atomic E-state index is 14.1. The Morgan fingerprint density at radius 3 is 2.07 bits per heavy atom. The largest absolute Gasteiger partial charge is 0.445 e. The highest BCUT2D eigenvalue weighted by Gasteiger charge is 2.42. The van der Waals surface area contributed by atoms with Crippen molar-refractivity contribution < 1.29 is 33.4 Å². The molecule has 2 N–H and O–H groups in total. The molecule has 0 spiro atoms. The third-order valence-corrected chi connectivity index (χ3v) is 9.26. The van der Waals surface area contributed by atoms with Gasteiger partial charge in [0, 0.05) is 31.4 Å². The summed E-state index contributed by atoms with van der Waals surface area (Å²) < 4.78 is 18.9. The number of hydrogen-bond acceptors (Lipinski definition) is 9. The molecule has 2 heterocycles. The van der Waals surface area contributed by atoms with Crippen molar-refractivity contribution in [2.45, 2.75) is 77.9 Å². The molecule has 5 rings (SSSR count). The average molecular weight is 879 g/mol. The second-order valence-electron chi connectivity index (χ2n) is 15.2. The van der Waals surface area contributed by atoms with Gasteiger partial charge in [0.25, 0.3) is 5.91 Å². The molecular formula is C41H47IN6O8. The molecule has 56 heavy (non-hydrogen) atoms. The summed E-state index contributed by atoms with van der Waals surface area (Å²) in [7, 11) is 0. The summed E-state index contributed by atoms with van der Waals surface area (Å²) in [5.74, 6) is -0.255. The van der Waals surface area contributed by atoms with Crippen molar-refractivity contribution in [1.82, 2.24) is 24.7 Å². The first-order valence-electron chi connectivity index (χ1n) is 18.2. The fourth-order valence-electron chi connectivity index (χ4n) is 6.00. The number of halogens is 1. The van der Waals surface area contributed by atoms with Crippen LogP contribution in [0.1, 0.15) is 75.5 Å². The molecule has 0 bridgehead atoms. The molecule has 4 aromatic rings. The summed E-state index contributed by atoms with van der Waals surface area (Å²) in [5.41, 5.74) is 0.291. The first-order valence-corrected chi connectivity index (χ1v) is 19.2. The van der Waals surface area contributed by atoms with Crippen LogP contribution in [0.25, 0.3) is 5.69 Å². The van der Waals surface area contributed by atoms with Gasteiger partial charge in [-0.05, 0) is 106 Å². The second-order valence-corrected chi connectivity index (χ2v) is 16.4. The molecule has 296 valence electrons. The highest BCUT2D eigenvalue weighted by atomic mass is 127. The first kappa shape index (κ1) is 41.7. The van der Waals surface area contributed by atoms with Gasteiger partial charge < -0.3 is 29.7 Å². The van der Waals surface area contributed by atoms with Crippen LogP contribution in [0, 0.1) is 3.57 Å². The van der Waals surface area contributed by atoms with Crippen LogP contribution in [0.5, 0.6) is 0 Å². The van der Waals surface area contributed by atoms with Crippen molar-refractivity contribution in [2.24, 2.45) is 0 Å². The third-order valence-electron chi connectivity index (χ3n) is 8.47. The molecule has 0 saturated carbocycles. The van der Waals surface area contributed by atoms with Crippen LogP contribution in [-0.4, -0.2) is 80.4 Å². The topological polar surface area (TPSA) is 161 Å². The van der Waals surface area contributed by atoms with Crippen molar-refractivity contribution >= 4 is 52.6 Å². The molecule has 1 aromatic heterocycles. The van der Waals surface area contributed by atoms with E-state index in [0.717, 1.165) is 5.56 Å². The van der Waals surface area contributed by atoms with Gasteiger partial charge in [-0.3, -0.25) is 14.3 Å². The lowest BCUT2D eigenvalue weighted by Gasteiger charge is -2.46. The number of nitrogens with one attached hydrogen (secondary N) is 2. The molecule has 1 aliphatic rings. The average Bonchev–Trinajstić information content (AvgIpc) is 3.14. The van der Waals surface area contributed by atoms with Crippen LogP contribution < -0.4 is 16.3 Å². The SMILES string of the molecule is CC(C)(C)OC(=O)NCC[C@@H]1CN(C(=O)OC(C)(C)C)C[C@@H](c2ccc(-n3cc(I)c(NC(=O)c4ccccc4)nc3=O)cc2)N1C(=O)OCc1ccccc1. The molecule has 3 aromatic carbocycles. The lowest BCUT2D eigenvalue weighted by molar-refractivity contribution is -0.0177. The number of rotatable bonds is 9. The highest BCUT2D eigenvalue weighted by Crippen LogP contribution is 2.33. The van der Waals surface area contributed by atoms with Crippen LogP contribution in [0.3, 0.4) is 0 Å². The first-order chi connectivity index (χ1) is 26.5. The van der Waals surface area contributed by atoms with E-state index in [1.54, 1.807) is 112 Å². The van der Waals surface area contributed by atoms with Crippen LogP contribution in [0.15, 0.2) is 95.9 Å². The molecule has 0 aliphatic carbocycles. The van der Waals surface area contributed by atoms with E-state index in [2.05, 4.69) is 15.6 Å². The van der Waals surface area contributed by atoms with Gasteiger partial charge in [-0.1, -0.05) is 60.7 Å². The number of benzene rings is 3. The van der Waals surface area contributed by atoms with Gasteiger partial charge in [-0.2, -0.15) is 4.98 Å². The fraction of sp³-hybridized carbons (Fsp3) is 0.366. The van der Waals surface area contributed by atoms with E-state index >= 15 is 0 Å². The van der Waals surface area contributed by atoms with Gasteiger partial charge in [0.2, 0.25) is 0 Å². The molecule has 2 atom stereocenters. The Labute approximate surface area is 339 Å². The Hall–Kier alpha value is -5.45. The molecule has 14 nitrogen and oxygen atoms in total. The minimum absolute atomic E-state index is 0.0246. The van der Waals surface area contributed by atoms with Crippen molar-refractivity contribution in [3.8, 4) is 5.69 Å². The quantitative estimate of drug-likeness (QED) is 0.130. The number of carbonyl (C=O) groups is 4. The lowest BCUT2D eigenvalue weighted by atomic mass is 9.97. The molecule has 1 saturated heterocycles. The Kier molecular flexibility index (Phi) is 13.4. The maximum absolute atomic E-state index is 14.1. The zero-order valence-electron chi connectivity index (χ0n) is 32.3. The number of carbonyl (C=O) groups excluding carboxylic acids is 4. The summed E-state index contributed by atoms with van der Waals surface area (Å²) in [4.78, 5) is 73.5. The Morgan fingerprint density at radius 2 is 1.45 bits per heavy atom. The van der Waals surface area contributed by atoms with Crippen molar-refractivity contribution in [3.63, 3.8) is 0 Å². The Bertz CT molecular complexity index is 2060. The van der Waals surface area contributed by atoms with Crippen molar-refractivity contribution in [2.75, 3.05) is 25.0 Å². The smallest absolute Gasteiger partial charge is 0.410 e. The number of ether oxygens (including phenoxy) is 3. The molecular weight excluding hydrogens is 831 g/mol. The summed E-state index contributed by atoms with van der Waals surface area (Å²) in [6, 6.07) is 23.6. The van der Waals surface area contributed by atoms with Crippen LogP contribution in [0.4, 0.5) is 20.2 Å². The number of aromatic nitrogens is 2. The van der Waals surface area contributed by atoms with E-state index in [9.17, 15) is 24.0 Å². The second kappa shape index (κ2) is 18.0. The van der Waals surface area contributed by atoms with E-state index in [1.165, 1.54) is 4.57 Å². The van der Waals surface area contributed by atoms with Crippen LogP contribution in [-0.2, 0) is 20.8 Å². The van der Waals surface area contributed by atoms with Crippen molar-refractivity contribution in [3.05, 3.63) is 122 Å². The van der Waals surface area contributed by atoms with E-state index < -0.39 is 53.2 Å². The predicted molar refractivity (Wildman–Crippen MR) is 219 cm³/mol. The molecule has 0 unspecified atom stereocenters. The van der Waals surface area contributed by atoms with Crippen LogP contribution in [0.2, 0.25) is 0 Å². The van der Waals surface area contributed by atoms with E-state index in [-0.39, 0.29) is 38.5 Å². The number of alkyl carbamates (subject to hydrolysis) is 1.